The summed E-state index contributed by atoms with van der Waals surface area (Å²) in [6.07, 6.45) is 8.30. The molecule has 0 unspecified atom stereocenters. The van der Waals surface area contributed by atoms with Crippen molar-refractivity contribution in [2.24, 2.45) is 0 Å². The van der Waals surface area contributed by atoms with E-state index >= 15 is 0 Å². The molecule has 1 atom stereocenters. The zero-order valence-electron chi connectivity index (χ0n) is 14.0. The minimum absolute atomic E-state index is 0.1000. The first-order valence-corrected chi connectivity index (χ1v) is 8.32. The maximum atomic E-state index is 12.3. The van der Waals surface area contributed by atoms with Gasteiger partial charge < -0.3 is 10.2 Å². The van der Waals surface area contributed by atoms with Gasteiger partial charge in [-0.05, 0) is 29.3 Å². The topological polar surface area (TPSA) is 45.2 Å². The van der Waals surface area contributed by atoms with Gasteiger partial charge in [-0.15, -0.1) is 0 Å². The van der Waals surface area contributed by atoms with Crippen LogP contribution < -0.4 is 10.2 Å². The second-order valence-corrected chi connectivity index (χ2v) is 6.98. The smallest absolute Gasteiger partial charge is 0.223 e. The number of anilines is 1. The van der Waals surface area contributed by atoms with Crippen molar-refractivity contribution in [3.63, 3.8) is 0 Å². The molecule has 0 aliphatic carbocycles. The summed E-state index contributed by atoms with van der Waals surface area (Å²) >= 11 is 0. The molecule has 1 aromatic carbocycles. The number of hydrogen-bond acceptors (Lipinski definition) is 3. The third kappa shape index (κ3) is 1.99. The summed E-state index contributed by atoms with van der Waals surface area (Å²) in [7, 11) is 0. The van der Waals surface area contributed by atoms with E-state index in [2.05, 4.69) is 65.5 Å². The molecule has 1 N–H and O–H groups in total. The van der Waals surface area contributed by atoms with E-state index < -0.39 is 5.66 Å². The predicted octanol–water partition coefficient (Wildman–Crippen LogP) is 3.11. The second-order valence-electron chi connectivity index (χ2n) is 6.98. The van der Waals surface area contributed by atoms with Crippen LogP contribution in [0.15, 0.2) is 54.9 Å². The Morgan fingerprint density at radius 2 is 2.04 bits per heavy atom. The Labute approximate surface area is 142 Å². The summed E-state index contributed by atoms with van der Waals surface area (Å²) in [5, 5.41) is 3.28. The van der Waals surface area contributed by atoms with Gasteiger partial charge in [0.1, 0.15) is 5.66 Å². The monoisotopic (exact) mass is 319 g/mol. The first-order valence-electron chi connectivity index (χ1n) is 8.32. The highest BCUT2D eigenvalue weighted by atomic mass is 16.2. The largest absolute Gasteiger partial charge is 0.344 e. The van der Waals surface area contributed by atoms with Crippen molar-refractivity contribution in [3.05, 3.63) is 66.0 Å². The van der Waals surface area contributed by atoms with Gasteiger partial charge in [0.2, 0.25) is 5.91 Å². The summed E-state index contributed by atoms with van der Waals surface area (Å²) in [5.41, 5.74) is 2.71. The van der Waals surface area contributed by atoms with Gasteiger partial charge >= 0.3 is 0 Å². The number of benzene rings is 1. The third-order valence-corrected chi connectivity index (χ3v) is 5.34. The van der Waals surface area contributed by atoms with Crippen molar-refractivity contribution in [2.75, 3.05) is 11.4 Å². The fraction of sp³-hybridized carbons (Fsp3) is 0.300. The van der Waals surface area contributed by atoms with Gasteiger partial charge in [0, 0.05) is 36.5 Å². The van der Waals surface area contributed by atoms with Crippen LogP contribution in [0.3, 0.4) is 0 Å². The van der Waals surface area contributed by atoms with Gasteiger partial charge in [-0.3, -0.25) is 9.78 Å². The van der Waals surface area contributed by atoms with Gasteiger partial charge in [-0.25, -0.2) is 0 Å². The van der Waals surface area contributed by atoms with Crippen LogP contribution in [0.5, 0.6) is 0 Å². The molecule has 1 amide bonds. The summed E-state index contributed by atoms with van der Waals surface area (Å²) in [6.45, 7) is 5.12. The van der Waals surface area contributed by atoms with E-state index in [-0.39, 0.29) is 11.3 Å². The number of para-hydroxylation sites is 1. The maximum Gasteiger partial charge on any atom is 0.223 e. The number of aromatic nitrogens is 1. The Kier molecular flexibility index (Phi) is 3.23. The molecule has 4 nitrogen and oxygen atoms in total. The van der Waals surface area contributed by atoms with Crippen molar-refractivity contribution >= 4 is 17.7 Å². The molecule has 1 fully saturated rings. The minimum atomic E-state index is -0.554. The molecule has 3 heterocycles. The van der Waals surface area contributed by atoms with Crippen LogP contribution in [0.1, 0.15) is 31.4 Å². The van der Waals surface area contributed by atoms with Gasteiger partial charge in [0.15, 0.2) is 0 Å². The van der Waals surface area contributed by atoms with Crippen LogP contribution in [0.2, 0.25) is 0 Å². The molecule has 4 rings (SSSR count). The van der Waals surface area contributed by atoms with E-state index in [1.165, 1.54) is 11.3 Å². The number of fused-ring (bicyclic) bond motifs is 3. The standard InChI is InChI=1S/C20H21N3O/c1-19(2)16-7-3-4-8-17(16)23-13-10-18(24)22-20(19,23)11-9-15-6-5-12-21-14-15/h3-9,11-12,14H,10,13H2,1-2H3,(H,22,24)/b11-9+/t20-/m0/s1. The van der Waals surface area contributed by atoms with Crippen molar-refractivity contribution in [1.82, 2.24) is 10.3 Å². The van der Waals surface area contributed by atoms with E-state index in [0.717, 1.165) is 12.1 Å². The average Bonchev–Trinajstić information content (AvgIpc) is 2.79. The second kappa shape index (κ2) is 5.20. The van der Waals surface area contributed by atoms with Crippen LogP contribution in [0.25, 0.3) is 6.08 Å². The fourth-order valence-electron chi connectivity index (χ4n) is 4.01. The van der Waals surface area contributed by atoms with Crippen molar-refractivity contribution < 1.29 is 4.79 Å². The molecule has 24 heavy (non-hydrogen) atoms. The highest BCUT2D eigenvalue weighted by molar-refractivity contribution is 5.84. The van der Waals surface area contributed by atoms with Crippen LogP contribution >= 0.6 is 0 Å². The van der Waals surface area contributed by atoms with E-state index in [0.29, 0.717) is 6.42 Å². The summed E-state index contributed by atoms with van der Waals surface area (Å²) in [6, 6.07) is 12.4. The molecular formula is C20H21N3O. The molecule has 0 radical (unpaired) electrons. The maximum absolute atomic E-state index is 12.3. The van der Waals surface area contributed by atoms with Crippen LogP contribution in [-0.4, -0.2) is 23.1 Å². The van der Waals surface area contributed by atoms with Crippen molar-refractivity contribution in [3.8, 4) is 0 Å². The predicted molar refractivity (Wildman–Crippen MR) is 95.6 cm³/mol. The fourth-order valence-corrected chi connectivity index (χ4v) is 4.01. The van der Waals surface area contributed by atoms with E-state index in [1.807, 2.05) is 18.3 Å². The minimum Gasteiger partial charge on any atom is -0.344 e. The summed E-state index contributed by atoms with van der Waals surface area (Å²) in [5.74, 6) is 0.1000. The number of nitrogens with zero attached hydrogens (tertiary/aromatic N) is 2. The SMILES string of the molecule is CC1(C)c2ccccc2N2CCC(=O)N[C@@]21/C=C/c1cccnc1. The number of hydrogen-bond donors (Lipinski definition) is 1. The summed E-state index contributed by atoms with van der Waals surface area (Å²) < 4.78 is 0. The number of rotatable bonds is 2. The molecule has 0 bridgehead atoms. The lowest BCUT2D eigenvalue weighted by Crippen LogP contribution is -2.68. The Morgan fingerprint density at radius 1 is 1.21 bits per heavy atom. The zero-order valence-corrected chi connectivity index (χ0v) is 14.0. The zero-order chi connectivity index (χ0) is 16.8. The molecule has 1 saturated heterocycles. The lowest BCUT2D eigenvalue weighted by Gasteiger charge is -2.49. The molecule has 0 spiro atoms. The molecule has 2 aromatic rings. The molecule has 1 aromatic heterocycles. The van der Waals surface area contributed by atoms with Gasteiger partial charge in [0.25, 0.3) is 0 Å². The molecule has 4 heteroatoms. The number of pyridine rings is 1. The first-order chi connectivity index (χ1) is 11.5. The molecule has 0 saturated carbocycles. The van der Waals surface area contributed by atoms with Gasteiger partial charge in [0.05, 0.1) is 0 Å². The van der Waals surface area contributed by atoms with E-state index in [4.69, 9.17) is 0 Å². The van der Waals surface area contributed by atoms with Crippen molar-refractivity contribution in [2.45, 2.75) is 31.3 Å². The Hall–Kier alpha value is -2.62. The highest BCUT2D eigenvalue weighted by Crippen LogP contribution is 2.52. The Bertz CT molecular complexity index is 813. The lowest BCUT2D eigenvalue weighted by atomic mass is 9.74. The number of carbonyl (C=O) groups is 1. The molecule has 2 aliphatic rings. The molecular weight excluding hydrogens is 298 g/mol. The number of carbonyl (C=O) groups excluding carboxylic acids is 1. The van der Waals surface area contributed by atoms with Gasteiger partial charge in [-0.1, -0.05) is 44.2 Å². The Morgan fingerprint density at radius 3 is 2.83 bits per heavy atom. The molecule has 2 aliphatic heterocycles. The van der Waals surface area contributed by atoms with Crippen LogP contribution in [0.4, 0.5) is 5.69 Å². The Balaban J connectivity index is 1.86. The highest BCUT2D eigenvalue weighted by Gasteiger charge is 2.57. The summed E-state index contributed by atoms with van der Waals surface area (Å²) in [4.78, 5) is 18.8. The van der Waals surface area contributed by atoms with Gasteiger partial charge in [-0.2, -0.15) is 0 Å². The van der Waals surface area contributed by atoms with Crippen molar-refractivity contribution in [1.29, 1.82) is 0 Å². The molecule has 122 valence electrons. The van der Waals surface area contributed by atoms with E-state index in [1.54, 1.807) is 6.20 Å². The van der Waals surface area contributed by atoms with E-state index in [9.17, 15) is 4.79 Å². The quantitative estimate of drug-likeness (QED) is 0.925. The first kappa shape index (κ1) is 14.9. The average molecular weight is 319 g/mol. The number of amides is 1. The normalized spacial score (nSPS) is 24.6. The number of nitrogens with one attached hydrogen (secondary N) is 1. The van der Waals surface area contributed by atoms with Crippen LogP contribution in [-0.2, 0) is 10.2 Å². The lowest BCUT2D eigenvalue weighted by molar-refractivity contribution is -0.124. The van der Waals surface area contributed by atoms with Crippen LogP contribution in [0, 0.1) is 0 Å². The third-order valence-electron chi connectivity index (χ3n) is 5.34.